The number of hydrogen-bond donors (Lipinski definition) is 2. The van der Waals surface area contributed by atoms with Gasteiger partial charge in [0.15, 0.2) is 5.96 Å². The Morgan fingerprint density at radius 2 is 2.20 bits per heavy atom. The van der Waals surface area contributed by atoms with Gasteiger partial charge in [0.05, 0.1) is 0 Å². The summed E-state index contributed by atoms with van der Waals surface area (Å²) in [5, 5.41) is 3.20. The molecule has 1 unspecified atom stereocenters. The molecule has 110 valence electrons. The predicted octanol–water partition coefficient (Wildman–Crippen LogP) is 2.00. The van der Waals surface area contributed by atoms with Crippen molar-refractivity contribution in [3.05, 3.63) is 29.8 Å². The molecular formula is C16H26N4. The number of anilines is 1. The van der Waals surface area contributed by atoms with E-state index in [1.807, 2.05) is 0 Å². The van der Waals surface area contributed by atoms with E-state index in [4.69, 9.17) is 5.73 Å². The molecule has 0 saturated carbocycles. The number of rotatable bonds is 5. The Balaban J connectivity index is 1.84. The molecule has 0 aromatic heterocycles. The van der Waals surface area contributed by atoms with Gasteiger partial charge in [0.2, 0.25) is 0 Å². The number of guanidine groups is 1. The Morgan fingerprint density at radius 1 is 1.45 bits per heavy atom. The van der Waals surface area contributed by atoms with Crippen LogP contribution in [0.3, 0.4) is 0 Å². The quantitative estimate of drug-likeness (QED) is 0.638. The van der Waals surface area contributed by atoms with Crippen LogP contribution in [0, 0.1) is 5.92 Å². The van der Waals surface area contributed by atoms with Crippen molar-refractivity contribution in [2.75, 3.05) is 24.5 Å². The summed E-state index contributed by atoms with van der Waals surface area (Å²) in [6.45, 7) is 9.11. The first-order valence-corrected chi connectivity index (χ1v) is 7.46. The molecule has 0 spiro atoms. The van der Waals surface area contributed by atoms with Gasteiger partial charge in [-0.3, -0.25) is 4.99 Å². The van der Waals surface area contributed by atoms with Crippen LogP contribution in [0.4, 0.5) is 5.69 Å². The lowest BCUT2D eigenvalue weighted by molar-refractivity contribution is 0.650. The third-order valence-corrected chi connectivity index (χ3v) is 3.63. The van der Waals surface area contributed by atoms with E-state index in [0.717, 1.165) is 26.1 Å². The highest BCUT2D eigenvalue weighted by Crippen LogP contribution is 2.30. The molecule has 2 rings (SSSR count). The predicted molar refractivity (Wildman–Crippen MR) is 86.3 cm³/mol. The molecule has 4 nitrogen and oxygen atoms in total. The second-order valence-electron chi connectivity index (χ2n) is 5.92. The van der Waals surface area contributed by atoms with Crippen LogP contribution in [0.15, 0.2) is 29.3 Å². The third-order valence-electron chi connectivity index (χ3n) is 3.63. The van der Waals surface area contributed by atoms with Gasteiger partial charge in [-0.05, 0) is 30.9 Å². The number of benzene rings is 1. The summed E-state index contributed by atoms with van der Waals surface area (Å²) in [6.07, 6.45) is 1.13. The van der Waals surface area contributed by atoms with Gasteiger partial charge in [0.1, 0.15) is 0 Å². The summed E-state index contributed by atoms with van der Waals surface area (Å²) >= 11 is 0. The van der Waals surface area contributed by atoms with Crippen LogP contribution < -0.4 is 16.0 Å². The van der Waals surface area contributed by atoms with Gasteiger partial charge in [-0.2, -0.15) is 0 Å². The fraction of sp³-hybridized carbons (Fsp3) is 0.562. The average molecular weight is 274 g/mol. The zero-order chi connectivity index (χ0) is 14.5. The lowest BCUT2D eigenvalue weighted by Gasteiger charge is -2.25. The molecule has 3 N–H and O–H groups in total. The maximum Gasteiger partial charge on any atom is 0.188 e. The fourth-order valence-corrected chi connectivity index (χ4v) is 2.61. The van der Waals surface area contributed by atoms with Crippen LogP contribution in [0.2, 0.25) is 0 Å². The molecule has 1 aromatic carbocycles. The molecule has 1 aromatic rings. The second kappa shape index (κ2) is 6.64. The van der Waals surface area contributed by atoms with Crippen molar-refractivity contribution in [3.63, 3.8) is 0 Å². The highest BCUT2D eigenvalue weighted by molar-refractivity contribution is 5.77. The van der Waals surface area contributed by atoms with Gasteiger partial charge in [-0.25, -0.2) is 0 Å². The van der Waals surface area contributed by atoms with Crippen molar-refractivity contribution >= 4 is 11.6 Å². The molecule has 1 atom stereocenters. The topological polar surface area (TPSA) is 53.6 Å². The van der Waals surface area contributed by atoms with E-state index >= 15 is 0 Å². The number of para-hydroxylation sites is 1. The second-order valence-corrected chi connectivity index (χ2v) is 5.92. The Bertz CT molecular complexity index is 467. The number of aliphatic imine (C=N–C) groups is 1. The monoisotopic (exact) mass is 274 g/mol. The van der Waals surface area contributed by atoms with Crippen molar-refractivity contribution in [2.45, 2.75) is 33.2 Å². The minimum Gasteiger partial charge on any atom is -0.370 e. The molecule has 20 heavy (non-hydrogen) atoms. The number of fused-ring (bicyclic) bond motifs is 1. The Morgan fingerprint density at radius 3 is 2.95 bits per heavy atom. The Hall–Kier alpha value is -1.71. The van der Waals surface area contributed by atoms with E-state index in [9.17, 15) is 0 Å². The van der Waals surface area contributed by atoms with Crippen molar-refractivity contribution in [1.82, 2.24) is 5.32 Å². The summed E-state index contributed by atoms with van der Waals surface area (Å²) in [7, 11) is 0. The van der Waals surface area contributed by atoms with E-state index in [1.54, 1.807) is 0 Å². The molecule has 0 fully saturated rings. The van der Waals surface area contributed by atoms with E-state index < -0.39 is 0 Å². The summed E-state index contributed by atoms with van der Waals surface area (Å²) in [5.41, 5.74) is 8.66. The first-order valence-electron chi connectivity index (χ1n) is 7.46. The number of nitrogens with zero attached hydrogens (tertiary/aromatic N) is 2. The Kier molecular flexibility index (Phi) is 4.88. The summed E-state index contributed by atoms with van der Waals surface area (Å²) in [4.78, 5) is 6.76. The van der Waals surface area contributed by atoms with Gasteiger partial charge in [0, 0.05) is 31.4 Å². The highest BCUT2D eigenvalue weighted by Gasteiger charge is 2.24. The van der Waals surface area contributed by atoms with Crippen molar-refractivity contribution < 1.29 is 0 Å². The number of nitrogens with two attached hydrogens (primary N) is 1. The normalized spacial score (nSPS) is 18.5. The molecule has 0 radical (unpaired) electrons. The molecule has 0 aliphatic carbocycles. The molecular weight excluding hydrogens is 248 g/mol. The molecule has 4 heteroatoms. The maximum absolute atomic E-state index is 5.86. The number of hydrogen-bond acceptors (Lipinski definition) is 2. The summed E-state index contributed by atoms with van der Waals surface area (Å²) < 4.78 is 0. The smallest absolute Gasteiger partial charge is 0.188 e. The van der Waals surface area contributed by atoms with Crippen LogP contribution in [-0.2, 0) is 6.42 Å². The molecule has 1 aliphatic heterocycles. The number of nitrogens with one attached hydrogen (secondary N) is 1. The first kappa shape index (κ1) is 14.7. The molecule has 1 heterocycles. The minimum absolute atomic E-state index is 0.542. The standard InChI is InChI=1S/C16H26N4/c1-12(2)11-19-16(17)18-8-9-20-13(3)10-14-6-4-5-7-15(14)20/h4-7,12-13H,8-11H2,1-3H3,(H3,17,18,19). The lowest BCUT2D eigenvalue weighted by atomic mass is 10.1. The van der Waals surface area contributed by atoms with Gasteiger partial charge in [0.25, 0.3) is 0 Å². The van der Waals surface area contributed by atoms with Crippen molar-refractivity contribution in [2.24, 2.45) is 16.6 Å². The van der Waals surface area contributed by atoms with Crippen LogP contribution in [0.1, 0.15) is 26.3 Å². The zero-order valence-corrected chi connectivity index (χ0v) is 12.8. The molecule has 1 aliphatic rings. The molecule has 0 amide bonds. The van der Waals surface area contributed by atoms with Crippen LogP contribution >= 0.6 is 0 Å². The van der Waals surface area contributed by atoms with Crippen LogP contribution in [0.5, 0.6) is 0 Å². The van der Waals surface area contributed by atoms with Gasteiger partial charge in [-0.15, -0.1) is 0 Å². The van der Waals surface area contributed by atoms with Crippen LogP contribution in [0.25, 0.3) is 0 Å². The highest BCUT2D eigenvalue weighted by atomic mass is 15.2. The van der Waals surface area contributed by atoms with Crippen molar-refractivity contribution in [1.29, 1.82) is 0 Å². The SMILES string of the molecule is CC(C)CN=C(N)NCCN1c2ccccc2CC1C. The van der Waals surface area contributed by atoms with Gasteiger partial charge >= 0.3 is 0 Å². The largest absolute Gasteiger partial charge is 0.370 e. The van der Waals surface area contributed by atoms with E-state index in [2.05, 4.69) is 60.2 Å². The third kappa shape index (κ3) is 3.65. The summed E-state index contributed by atoms with van der Waals surface area (Å²) in [6, 6.07) is 9.20. The van der Waals surface area contributed by atoms with E-state index in [-0.39, 0.29) is 0 Å². The Labute approximate surface area is 122 Å². The van der Waals surface area contributed by atoms with E-state index in [1.165, 1.54) is 11.3 Å². The molecule has 0 saturated heterocycles. The van der Waals surface area contributed by atoms with Gasteiger partial charge < -0.3 is 16.0 Å². The lowest BCUT2D eigenvalue weighted by Crippen LogP contribution is -2.40. The van der Waals surface area contributed by atoms with Crippen molar-refractivity contribution in [3.8, 4) is 0 Å². The maximum atomic E-state index is 5.86. The summed E-state index contributed by atoms with van der Waals surface area (Å²) in [5.74, 6) is 1.10. The average Bonchev–Trinajstić information content (AvgIpc) is 2.73. The first-order chi connectivity index (χ1) is 9.58. The minimum atomic E-state index is 0.542. The van der Waals surface area contributed by atoms with Crippen LogP contribution in [-0.4, -0.2) is 31.6 Å². The zero-order valence-electron chi connectivity index (χ0n) is 12.8. The van der Waals surface area contributed by atoms with Gasteiger partial charge in [-0.1, -0.05) is 32.0 Å². The molecule has 0 bridgehead atoms. The van der Waals surface area contributed by atoms with E-state index in [0.29, 0.717) is 17.9 Å². The fourth-order valence-electron chi connectivity index (χ4n) is 2.61.